The van der Waals surface area contributed by atoms with E-state index < -0.39 is 6.09 Å². The molecule has 1 amide bonds. The summed E-state index contributed by atoms with van der Waals surface area (Å²) in [7, 11) is 3.26. The Kier molecular flexibility index (Phi) is 4.91. The first kappa shape index (κ1) is 18.7. The molecular formula is C21H27N3O4. The van der Waals surface area contributed by atoms with Gasteiger partial charge in [-0.1, -0.05) is 6.92 Å². The van der Waals surface area contributed by atoms with Crippen LogP contribution in [0.25, 0.3) is 10.9 Å². The quantitative estimate of drug-likeness (QED) is 0.838. The molecular weight excluding hydrogens is 358 g/mol. The van der Waals surface area contributed by atoms with Crippen LogP contribution >= 0.6 is 0 Å². The minimum atomic E-state index is -0.852. The highest BCUT2D eigenvalue weighted by Gasteiger charge is 2.29. The number of hydrogen-bond donors (Lipinski definition) is 2. The van der Waals surface area contributed by atoms with Crippen LogP contribution in [0.3, 0.4) is 0 Å². The summed E-state index contributed by atoms with van der Waals surface area (Å²) in [5, 5.41) is 14.1. The number of carboxylic acid groups (broad SMARTS) is 1. The number of rotatable bonds is 4. The van der Waals surface area contributed by atoms with Gasteiger partial charge in [0.2, 0.25) is 0 Å². The van der Waals surface area contributed by atoms with Gasteiger partial charge in [-0.05, 0) is 43.2 Å². The van der Waals surface area contributed by atoms with Crippen molar-refractivity contribution in [2.24, 2.45) is 5.92 Å². The third-order valence-corrected chi connectivity index (χ3v) is 5.80. The Labute approximate surface area is 164 Å². The van der Waals surface area contributed by atoms with Crippen molar-refractivity contribution in [1.29, 1.82) is 0 Å². The zero-order valence-corrected chi connectivity index (χ0v) is 16.6. The van der Waals surface area contributed by atoms with Crippen molar-refractivity contribution in [2.45, 2.75) is 38.6 Å². The monoisotopic (exact) mass is 385 g/mol. The number of fused-ring (bicyclic) bond motifs is 2. The maximum absolute atomic E-state index is 11.5. The van der Waals surface area contributed by atoms with Crippen LogP contribution in [0.15, 0.2) is 12.1 Å². The molecule has 4 rings (SSSR count). The van der Waals surface area contributed by atoms with Crippen LogP contribution in [-0.4, -0.2) is 54.4 Å². The topological polar surface area (TPSA) is 83.9 Å². The van der Waals surface area contributed by atoms with E-state index in [-0.39, 0.29) is 6.04 Å². The third-order valence-electron chi connectivity index (χ3n) is 5.80. The maximum atomic E-state index is 11.5. The second-order valence-electron chi connectivity index (χ2n) is 7.86. The molecule has 7 heteroatoms. The number of piperidine rings is 1. The zero-order chi connectivity index (χ0) is 19.8. The smallest absolute Gasteiger partial charge is 0.407 e. The van der Waals surface area contributed by atoms with Gasteiger partial charge in [0.05, 0.1) is 19.7 Å². The number of benzene rings is 1. The Hall–Kier alpha value is -2.70. The molecule has 1 saturated heterocycles. The summed E-state index contributed by atoms with van der Waals surface area (Å²) >= 11 is 0. The predicted molar refractivity (Wildman–Crippen MR) is 108 cm³/mol. The average Bonchev–Trinajstić information content (AvgIpc) is 3.14. The van der Waals surface area contributed by atoms with Crippen LogP contribution in [0.5, 0.6) is 11.5 Å². The summed E-state index contributed by atoms with van der Waals surface area (Å²) in [6, 6.07) is 3.97. The molecule has 1 aromatic carbocycles. The Bertz CT molecular complexity index is 914. The number of aromatic nitrogens is 1. The van der Waals surface area contributed by atoms with E-state index in [4.69, 9.17) is 14.5 Å². The molecule has 2 aromatic rings. The molecule has 1 aliphatic carbocycles. The van der Waals surface area contributed by atoms with Crippen LogP contribution in [0.2, 0.25) is 0 Å². The number of anilines is 1. The van der Waals surface area contributed by atoms with Crippen LogP contribution in [0.1, 0.15) is 31.0 Å². The number of nitrogens with one attached hydrogen (secondary N) is 1. The van der Waals surface area contributed by atoms with Crippen LogP contribution in [-0.2, 0) is 12.8 Å². The fraction of sp³-hybridized carbons (Fsp3) is 0.524. The molecule has 2 aliphatic rings. The highest BCUT2D eigenvalue weighted by atomic mass is 16.5. The number of carbonyl (C=O) groups is 1. The van der Waals surface area contributed by atoms with Gasteiger partial charge in [0, 0.05) is 42.0 Å². The van der Waals surface area contributed by atoms with E-state index in [0.29, 0.717) is 30.5 Å². The van der Waals surface area contributed by atoms with Crippen LogP contribution in [0.4, 0.5) is 10.5 Å². The molecule has 2 heterocycles. The first-order valence-electron chi connectivity index (χ1n) is 9.82. The highest BCUT2D eigenvalue weighted by molar-refractivity contribution is 5.96. The first-order chi connectivity index (χ1) is 13.5. The van der Waals surface area contributed by atoms with Crippen LogP contribution in [0, 0.1) is 5.92 Å². The van der Waals surface area contributed by atoms with Gasteiger partial charge in [-0.15, -0.1) is 0 Å². The lowest BCUT2D eigenvalue weighted by atomic mass is 9.95. The molecule has 1 aliphatic heterocycles. The molecule has 0 radical (unpaired) electrons. The average molecular weight is 385 g/mol. The molecule has 1 fully saturated rings. The second kappa shape index (κ2) is 7.37. The van der Waals surface area contributed by atoms with Gasteiger partial charge in [-0.25, -0.2) is 4.79 Å². The van der Waals surface area contributed by atoms with E-state index in [1.54, 1.807) is 14.2 Å². The standard InChI is InChI=1S/C21H27N3O4/c1-12-7-13(11-24(10-12)21(25)26)22-20-14-5-4-6-16(14)23-17-9-19(28-3)18(27-2)8-15(17)20/h8-9,12-13H,4-7,10-11H2,1-3H3,(H,22,23)(H,25,26)/t12-,13+/m0/s1. The van der Waals surface area contributed by atoms with Gasteiger partial charge >= 0.3 is 6.09 Å². The van der Waals surface area contributed by atoms with Gasteiger partial charge in [-0.3, -0.25) is 4.98 Å². The van der Waals surface area contributed by atoms with E-state index in [9.17, 15) is 9.90 Å². The van der Waals surface area contributed by atoms with Crippen molar-refractivity contribution < 1.29 is 19.4 Å². The first-order valence-corrected chi connectivity index (χ1v) is 9.82. The van der Waals surface area contributed by atoms with Crippen molar-refractivity contribution in [2.75, 3.05) is 32.6 Å². The van der Waals surface area contributed by atoms with Gasteiger partial charge in [0.25, 0.3) is 0 Å². The SMILES string of the molecule is COc1cc2nc3c(c(N[C@@H]4C[C@H](C)CN(C(=O)O)C4)c2cc1OC)CCC3. The van der Waals surface area contributed by atoms with E-state index in [1.807, 2.05) is 12.1 Å². The van der Waals surface area contributed by atoms with E-state index >= 15 is 0 Å². The number of pyridine rings is 1. The van der Waals surface area contributed by atoms with Gasteiger partial charge < -0.3 is 24.8 Å². The Morgan fingerprint density at radius 2 is 1.96 bits per heavy atom. The number of likely N-dealkylation sites (tertiary alicyclic amines) is 1. The lowest BCUT2D eigenvalue weighted by Crippen LogP contribution is -2.47. The lowest BCUT2D eigenvalue weighted by Gasteiger charge is -2.36. The second-order valence-corrected chi connectivity index (χ2v) is 7.86. The largest absolute Gasteiger partial charge is 0.493 e. The minimum Gasteiger partial charge on any atom is -0.493 e. The van der Waals surface area contributed by atoms with E-state index in [1.165, 1.54) is 10.5 Å². The van der Waals surface area contributed by atoms with Crippen LogP contribution < -0.4 is 14.8 Å². The zero-order valence-electron chi connectivity index (χ0n) is 16.6. The molecule has 7 nitrogen and oxygen atoms in total. The summed E-state index contributed by atoms with van der Waals surface area (Å²) in [5.74, 6) is 1.65. The lowest BCUT2D eigenvalue weighted by molar-refractivity contribution is 0.119. The van der Waals surface area contributed by atoms with Crippen molar-refractivity contribution in [1.82, 2.24) is 9.88 Å². The molecule has 0 saturated carbocycles. The summed E-state index contributed by atoms with van der Waals surface area (Å²) < 4.78 is 11.0. The van der Waals surface area contributed by atoms with E-state index in [2.05, 4.69) is 12.2 Å². The molecule has 1 aromatic heterocycles. The number of amides is 1. The maximum Gasteiger partial charge on any atom is 0.407 e. The Balaban J connectivity index is 1.78. The number of nitrogens with zero attached hydrogens (tertiary/aromatic N) is 2. The number of ether oxygens (including phenoxy) is 2. The molecule has 0 unspecified atom stereocenters. The molecule has 2 N–H and O–H groups in total. The molecule has 0 bridgehead atoms. The van der Waals surface area contributed by atoms with Crippen molar-refractivity contribution in [3.05, 3.63) is 23.4 Å². The Morgan fingerprint density at radius 3 is 2.68 bits per heavy atom. The molecule has 150 valence electrons. The van der Waals surface area contributed by atoms with Gasteiger partial charge in [-0.2, -0.15) is 0 Å². The Morgan fingerprint density at radius 1 is 1.21 bits per heavy atom. The van der Waals surface area contributed by atoms with Gasteiger partial charge in [0.15, 0.2) is 11.5 Å². The summed E-state index contributed by atoms with van der Waals surface area (Å²) in [6.45, 7) is 3.19. The number of methoxy groups -OCH3 is 2. The number of hydrogen-bond acceptors (Lipinski definition) is 5. The fourth-order valence-corrected chi connectivity index (χ4v) is 4.57. The minimum absolute atomic E-state index is 0.0725. The molecule has 0 spiro atoms. The number of aryl methyl sites for hydroxylation is 1. The predicted octanol–water partition coefficient (Wildman–Crippen LogP) is 3.54. The third kappa shape index (κ3) is 3.30. The summed E-state index contributed by atoms with van der Waals surface area (Å²) in [5.41, 5.74) is 4.32. The van der Waals surface area contributed by atoms with Crippen molar-refractivity contribution in [3.63, 3.8) is 0 Å². The molecule has 28 heavy (non-hydrogen) atoms. The summed E-state index contributed by atoms with van der Waals surface area (Å²) in [6.07, 6.45) is 3.13. The van der Waals surface area contributed by atoms with E-state index in [0.717, 1.165) is 48.0 Å². The highest BCUT2D eigenvalue weighted by Crippen LogP contribution is 2.40. The van der Waals surface area contributed by atoms with Gasteiger partial charge in [0.1, 0.15) is 0 Å². The fourth-order valence-electron chi connectivity index (χ4n) is 4.57. The molecule has 2 atom stereocenters. The van der Waals surface area contributed by atoms with Crippen molar-refractivity contribution in [3.8, 4) is 11.5 Å². The van der Waals surface area contributed by atoms with Crippen molar-refractivity contribution >= 4 is 22.7 Å². The normalized spacial score (nSPS) is 21.5. The summed E-state index contributed by atoms with van der Waals surface area (Å²) in [4.78, 5) is 17.9.